The first-order valence-corrected chi connectivity index (χ1v) is 6.19. The molecule has 20 heavy (non-hydrogen) atoms. The number of nitrogens with zero attached hydrogens (tertiary/aromatic N) is 2. The molecule has 2 aromatic rings. The summed E-state index contributed by atoms with van der Waals surface area (Å²) in [4.78, 5) is 14.3. The van der Waals surface area contributed by atoms with E-state index in [1.807, 2.05) is 0 Å². The molecular weight excluding hydrogens is 282 g/mol. The number of nitrogens with two attached hydrogens (primary N) is 1. The van der Waals surface area contributed by atoms with Crippen molar-refractivity contribution >= 4 is 17.3 Å². The van der Waals surface area contributed by atoms with E-state index in [2.05, 4.69) is 4.98 Å². The average molecular weight is 294 g/mol. The molecule has 1 atom stereocenters. The summed E-state index contributed by atoms with van der Waals surface area (Å²) in [5.41, 5.74) is 6.40. The van der Waals surface area contributed by atoms with Gasteiger partial charge in [0.05, 0.1) is 16.0 Å². The number of nitro groups is 1. The molecule has 0 bridgehead atoms. The van der Waals surface area contributed by atoms with Gasteiger partial charge in [0.2, 0.25) is 5.88 Å². The van der Waals surface area contributed by atoms with E-state index in [0.29, 0.717) is 5.56 Å². The third kappa shape index (κ3) is 3.04. The Kier molecular flexibility index (Phi) is 4.16. The molecule has 104 valence electrons. The number of benzene rings is 1. The minimum absolute atomic E-state index is 0.109. The number of ether oxygens (including phenoxy) is 1. The fourth-order valence-electron chi connectivity index (χ4n) is 1.62. The molecule has 1 aromatic carbocycles. The summed E-state index contributed by atoms with van der Waals surface area (Å²) in [7, 11) is 0. The van der Waals surface area contributed by atoms with Crippen LogP contribution in [-0.2, 0) is 0 Å². The second kappa shape index (κ2) is 5.85. The summed E-state index contributed by atoms with van der Waals surface area (Å²) in [5, 5.41) is 11.0. The molecule has 0 aliphatic carbocycles. The Balaban J connectivity index is 2.40. The Morgan fingerprint density at radius 3 is 2.85 bits per heavy atom. The Hall–Kier alpha value is -2.18. The molecule has 1 aromatic heterocycles. The van der Waals surface area contributed by atoms with Crippen LogP contribution in [0.25, 0.3) is 0 Å². The minimum atomic E-state index is -0.520. The summed E-state index contributed by atoms with van der Waals surface area (Å²) in [5.74, 6) is 0.450. The molecule has 0 unspecified atom stereocenters. The number of aromatic nitrogens is 1. The molecule has 2 rings (SSSR count). The maximum absolute atomic E-state index is 10.8. The van der Waals surface area contributed by atoms with Gasteiger partial charge in [-0.2, -0.15) is 0 Å². The lowest BCUT2D eigenvalue weighted by molar-refractivity contribution is -0.384. The summed E-state index contributed by atoms with van der Waals surface area (Å²) in [6.45, 7) is 1.79. The molecule has 6 nitrogen and oxygen atoms in total. The third-order valence-electron chi connectivity index (χ3n) is 2.62. The van der Waals surface area contributed by atoms with Crippen LogP contribution in [0.2, 0.25) is 5.02 Å². The quantitative estimate of drug-likeness (QED) is 0.688. The molecule has 0 aliphatic heterocycles. The molecule has 1 heterocycles. The van der Waals surface area contributed by atoms with Crippen molar-refractivity contribution < 1.29 is 9.66 Å². The van der Waals surface area contributed by atoms with Crippen LogP contribution >= 0.6 is 11.6 Å². The van der Waals surface area contributed by atoms with Crippen molar-refractivity contribution in [2.24, 2.45) is 5.73 Å². The molecule has 7 heteroatoms. The highest BCUT2D eigenvalue weighted by Crippen LogP contribution is 2.34. The predicted molar refractivity (Wildman–Crippen MR) is 75.0 cm³/mol. The summed E-state index contributed by atoms with van der Waals surface area (Å²) < 4.78 is 5.56. The van der Waals surface area contributed by atoms with Crippen molar-refractivity contribution in [2.75, 3.05) is 0 Å². The number of pyridine rings is 1. The Morgan fingerprint density at radius 1 is 1.45 bits per heavy atom. The van der Waals surface area contributed by atoms with Gasteiger partial charge < -0.3 is 10.5 Å². The van der Waals surface area contributed by atoms with Crippen LogP contribution in [0.1, 0.15) is 18.5 Å². The lowest BCUT2D eigenvalue weighted by atomic mass is 10.1. The number of nitro benzene ring substituents is 1. The summed E-state index contributed by atoms with van der Waals surface area (Å²) in [6.07, 6.45) is 1.55. The van der Waals surface area contributed by atoms with Gasteiger partial charge in [-0.25, -0.2) is 4.98 Å². The fraction of sp³-hybridized carbons (Fsp3) is 0.154. The lowest BCUT2D eigenvalue weighted by Crippen LogP contribution is -2.07. The third-order valence-corrected chi connectivity index (χ3v) is 2.94. The van der Waals surface area contributed by atoms with Gasteiger partial charge in [-0.05, 0) is 19.1 Å². The SMILES string of the molecule is C[C@H](N)c1cccnc1Oc1cc([N+](=O)[O-])ccc1Cl. The number of hydrogen-bond acceptors (Lipinski definition) is 5. The monoisotopic (exact) mass is 293 g/mol. The zero-order valence-corrected chi connectivity index (χ0v) is 11.4. The highest BCUT2D eigenvalue weighted by Gasteiger charge is 2.15. The zero-order chi connectivity index (χ0) is 14.7. The molecule has 0 fully saturated rings. The summed E-state index contributed by atoms with van der Waals surface area (Å²) in [6, 6.07) is 7.20. The van der Waals surface area contributed by atoms with Gasteiger partial charge in [0, 0.05) is 23.9 Å². The van der Waals surface area contributed by atoms with Crippen molar-refractivity contribution in [3.63, 3.8) is 0 Å². The van der Waals surface area contributed by atoms with Crippen molar-refractivity contribution in [1.82, 2.24) is 4.98 Å². The predicted octanol–water partition coefficient (Wildman–Crippen LogP) is 3.46. The van der Waals surface area contributed by atoms with E-state index in [4.69, 9.17) is 22.1 Å². The van der Waals surface area contributed by atoms with E-state index in [-0.39, 0.29) is 28.4 Å². The second-order valence-corrected chi connectivity index (χ2v) is 4.57. The lowest BCUT2D eigenvalue weighted by Gasteiger charge is -2.12. The second-order valence-electron chi connectivity index (χ2n) is 4.16. The number of halogens is 1. The van der Waals surface area contributed by atoms with Crippen molar-refractivity contribution in [1.29, 1.82) is 0 Å². The van der Waals surface area contributed by atoms with Gasteiger partial charge >= 0.3 is 0 Å². The van der Waals surface area contributed by atoms with E-state index in [9.17, 15) is 10.1 Å². The maximum atomic E-state index is 10.8. The standard InChI is InChI=1S/C13H12ClN3O3/c1-8(15)10-3-2-6-16-13(10)20-12-7-9(17(18)19)4-5-11(12)14/h2-8H,15H2,1H3/t8-/m0/s1. The van der Waals surface area contributed by atoms with E-state index in [1.165, 1.54) is 18.2 Å². The van der Waals surface area contributed by atoms with Gasteiger partial charge in [-0.1, -0.05) is 17.7 Å². The minimum Gasteiger partial charge on any atom is -0.437 e. The van der Waals surface area contributed by atoms with Gasteiger partial charge in [0.1, 0.15) is 0 Å². The first-order chi connectivity index (χ1) is 9.49. The largest absolute Gasteiger partial charge is 0.437 e. The fourth-order valence-corrected chi connectivity index (χ4v) is 1.78. The van der Waals surface area contributed by atoms with Crippen LogP contribution in [-0.4, -0.2) is 9.91 Å². The smallest absolute Gasteiger partial charge is 0.273 e. The molecule has 0 saturated carbocycles. The Bertz CT molecular complexity index is 647. The molecule has 0 spiro atoms. The van der Waals surface area contributed by atoms with Crippen LogP contribution in [0.5, 0.6) is 11.6 Å². The van der Waals surface area contributed by atoms with Crippen LogP contribution < -0.4 is 10.5 Å². The van der Waals surface area contributed by atoms with E-state index in [0.717, 1.165) is 0 Å². The van der Waals surface area contributed by atoms with Crippen LogP contribution in [0.15, 0.2) is 36.5 Å². The van der Waals surface area contributed by atoms with Crippen molar-refractivity contribution in [3.05, 3.63) is 57.2 Å². The van der Waals surface area contributed by atoms with Gasteiger partial charge in [0.15, 0.2) is 5.75 Å². The first-order valence-electron chi connectivity index (χ1n) is 5.81. The van der Waals surface area contributed by atoms with Gasteiger partial charge in [-0.3, -0.25) is 10.1 Å². The summed E-state index contributed by atoms with van der Waals surface area (Å²) >= 11 is 5.98. The highest BCUT2D eigenvalue weighted by molar-refractivity contribution is 6.32. The van der Waals surface area contributed by atoms with E-state index < -0.39 is 4.92 Å². The van der Waals surface area contributed by atoms with E-state index >= 15 is 0 Å². The molecule has 0 radical (unpaired) electrons. The van der Waals surface area contributed by atoms with E-state index in [1.54, 1.807) is 25.3 Å². The topological polar surface area (TPSA) is 91.3 Å². The molecular formula is C13H12ClN3O3. The highest BCUT2D eigenvalue weighted by atomic mass is 35.5. The molecule has 2 N–H and O–H groups in total. The average Bonchev–Trinajstić information content (AvgIpc) is 2.41. The number of non-ortho nitro benzene ring substituents is 1. The molecule has 0 saturated heterocycles. The van der Waals surface area contributed by atoms with Crippen LogP contribution in [0.3, 0.4) is 0 Å². The van der Waals surface area contributed by atoms with Gasteiger partial charge in [-0.15, -0.1) is 0 Å². The molecule has 0 aliphatic rings. The number of rotatable bonds is 4. The Morgan fingerprint density at radius 2 is 2.20 bits per heavy atom. The van der Waals surface area contributed by atoms with Crippen LogP contribution in [0, 0.1) is 10.1 Å². The van der Waals surface area contributed by atoms with Crippen molar-refractivity contribution in [2.45, 2.75) is 13.0 Å². The number of hydrogen-bond donors (Lipinski definition) is 1. The van der Waals surface area contributed by atoms with Crippen molar-refractivity contribution in [3.8, 4) is 11.6 Å². The first kappa shape index (κ1) is 14.2. The van der Waals surface area contributed by atoms with Crippen LogP contribution in [0.4, 0.5) is 5.69 Å². The van der Waals surface area contributed by atoms with Gasteiger partial charge in [0.25, 0.3) is 5.69 Å². The Labute approximate surface area is 120 Å². The zero-order valence-electron chi connectivity index (χ0n) is 10.6. The molecule has 0 amide bonds. The maximum Gasteiger partial charge on any atom is 0.273 e. The normalized spacial score (nSPS) is 11.9.